The van der Waals surface area contributed by atoms with Crippen LogP contribution in [0.4, 0.5) is 14.5 Å². The molecule has 9 heteroatoms. The van der Waals surface area contributed by atoms with E-state index in [0.29, 0.717) is 52.2 Å². The number of aryl methyl sites for hydroxylation is 2. The molecule has 0 aromatic heterocycles. The summed E-state index contributed by atoms with van der Waals surface area (Å²) in [6.45, 7) is 5.58. The smallest absolute Gasteiger partial charge is 0.300 e. The van der Waals surface area contributed by atoms with E-state index in [1.54, 1.807) is 51.1 Å². The molecule has 0 aliphatic carbocycles. The molecule has 1 atom stereocenters. The van der Waals surface area contributed by atoms with Crippen molar-refractivity contribution in [3.63, 3.8) is 0 Å². The van der Waals surface area contributed by atoms with Gasteiger partial charge in [-0.05, 0) is 73.9 Å². The maximum atomic E-state index is 15.0. The number of halogens is 2. The summed E-state index contributed by atoms with van der Waals surface area (Å²) in [6, 6.07) is 9.54. The van der Waals surface area contributed by atoms with Crippen LogP contribution in [0.25, 0.3) is 5.76 Å². The molecule has 0 saturated carbocycles. The first-order valence-electron chi connectivity index (χ1n) is 11.8. The number of nitrogens with zero attached hydrogens (tertiary/aromatic N) is 1. The van der Waals surface area contributed by atoms with Crippen LogP contribution in [0, 0.1) is 25.5 Å². The molecule has 7 nitrogen and oxygen atoms in total. The highest BCUT2D eigenvalue weighted by atomic mass is 19.1. The minimum atomic E-state index is -1.25. The Kier molecular flexibility index (Phi) is 7.39. The van der Waals surface area contributed by atoms with Crippen LogP contribution in [0.3, 0.4) is 0 Å². The first kappa shape index (κ1) is 26.7. The summed E-state index contributed by atoms with van der Waals surface area (Å²) in [7, 11) is 2.98. The molecule has 1 unspecified atom stereocenters. The van der Waals surface area contributed by atoms with Gasteiger partial charge in [-0.2, -0.15) is 0 Å². The summed E-state index contributed by atoms with van der Waals surface area (Å²) in [5, 5.41) is 11.5. The number of carbonyl (C=O) groups is 2. The van der Waals surface area contributed by atoms with E-state index in [4.69, 9.17) is 14.2 Å². The zero-order valence-electron chi connectivity index (χ0n) is 21.6. The first-order chi connectivity index (χ1) is 18.1. The van der Waals surface area contributed by atoms with E-state index in [9.17, 15) is 23.5 Å². The Morgan fingerprint density at radius 3 is 2.26 bits per heavy atom. The highest BCUT2D eigenvalue weighted by molar-refractivity contribution is 6.51. The number of Topliss-reactive ketones (excluding diaryl/α,β-unsaturated/α-hetero) is 1. The maximum Gasteiger partial charge on any atom is 0.300 e. The molecule has 3 aromatic rings. The van der Waals surface area contributed by atoms with E-state index in [1.807, 2.05) is 0 Å². The van der Waals surface area contributed by atoms with Crippen molar-refractivity contribution in [2.45, 2.75) is 26.8 Å². The molecule has 1 aliphatic heterocycles. The van der Waals surface area contributed by atoms with Gasteiger partial charge in [0.2, 0.25) is 0 Å². The molecule has 1 heterocycles. The minimum absolute atomic E-state index is 0.251. The molecule has 38 heavy (non-hydrogen) atoms. The fourth-order valence-corrected chi connectivity index (χ4v) is 4.61. The number of anilines is 1. The van der Waals surface area contributed by atoms with Gasteiger partial charge in [-0.15, -0.1) is 0 Å². The summed E-state index contributed by atoms with van der Waals surface area (Å²) in [6.07, 6.45) is 0. The second-order valence-electron chi connectivity index (χ2n) is 8.74. The molecular formula is C29H27F2NO6. The van der Waals surface area contributed by atoms with E-state index in [2.05, 4.69) is 0 Å². The van der Waals surface area contributed by atoms with Gasteiger partial charge >= 0.3 is 0 Å². The monoisotopic (exact) mass is 523 g/mol. The van der Waals surface area contributed by atoms with Gasteiger partial charge in [0, 0.05) is 11.6 Å². The van der Waals surface area contributed by atoms with E-state index >= 15 is 0 Å². The lowest BCUT2D eigenvalue weighted by Crippen LogP contribution is -2.30. The first-order valence-corrected chi connectivity index (χ1v) is 11.8. The fourth-order valence-electron chi connectivity index (χ4n) is 4.61. The molecule has 1 aliphatic rings. The third-order valence-corrected chi connectivity index (χ3v) is 6.41. The number of aliphatic hydroxyl groups excluding tert-OH is 1. The van der Waals surface area contributed by atoms with Crippen LogP contribution in [-0.4, -0.2) is 37.6 Å². The molecule has 1 amide bonds. The zero-order chi connectivity index (χ0) is 27.7. The van der Waals surface area contributed by atoms with Gasteiger partial charge in [-0.3, -0.25) is 14.5 Å². The van der Waals surface area contributed by atoms with E-state index < -0.39 is 35.1 Å². The molecule has 1 N–H and O–H groups in total. The molecule has 0 spiro atoms. The summed E-state index contributed by atoms with van der Waals surface area (Å²) in [5.41, 5.74) is 1.38. The number of hydrogen-bond acceptors (Lipinski definition) is 6. The minimum Gasteiger partial charge on any atom is -0.507 e. The van der Waals surface area contributed by atoms with Gasteiger partial charge in [-0.25, -0.2) is 8.78 Å². The largest absolute Gasteiger partial charge is 0.507 e. The summed E-state index contributed by atoms with van der Waals surface area (Å²) in [5.74, 6) is -3.08. The van der Waals surface area contributed by atoms with Gasteiger partial charge in [0.1, 0.15) is 23.1 Å². The van der Waals surface area contributed by atoms with Crippen LogP contribution in [0.15, 0.2) is 54.1 Å². The quantitative estimate of drug-likeness (QED) is 0.246. The molecule has 1 saturated heterocycles. The average molecular weight is 524 g/mol. The Labute approximate surface area is 218 Å². The Morgan fingerprint density at radius 2 is 1.63 bits per heavy atom. The van der Waals surface area contributed by atoms with Crippen LogP contribution in [0.5, 0.6) is 17.2 Å². The van der Waals surface area contributed by atoms with Crippen molar-refractivity contribution < 1.29 is 37.7 Å². The topological polar surface area (TPSA) is 85.3 Å². The zero-order valence-corrected chi connectivity index (χ0v) is 21.6. The van der Waals surface area contributed by atoms with Crippen molar-refractivity contribution >= 4 is 23.1 Å². The number of hydrogen-bond donors (Lipinski definition) is 1. The third-order valence-electron chi connectivity index (χ3n) is 6.41. The summed E-state index contributed by atoms with van der Waals surface area (Å²) >= 11 is 0. The van der Waals surface area contributed by atoms with E-state index in [0.717, 1.165) is 17.0 Å². The number of methoxy groups -OCH3 is 2. The Morgan fingerprint density at radius 1 is 0.921 bits per heavy atom. The van der Waals surface area contributed by atoms with Gasteiger partial charge in [0.25, 0.3) is 11.7 Å². The van der Waals surface area contributed by atoms with Gasteiger partial charge in [0.15, 0.2) is 11.5 Å². The van der Waals surface area contributed by atoms with E-state index in [1.165, 1.54) is 14.2 Å². The van der Waals surface area contributed by atoms with Crippen LogP contribution < -0.4 is 19.1 Å². The Balaban J connectivity index is 2.02. The van der Waals surface area contributed by atoms with Crippen molar-refractivity contribution in [3.8, 4) is 17.2 Å². The molecule has 0 radical (unpaired) electrons. The normalized spacial score (nSPS) is 16.6. The van der Waals surface area contributed by atoms with Crippen molar-refractivity contribution in [1.29, 1.82) is 0 Å². The van der Waals surface area contributed by atoms with Crippen LogP contribution in [-0.2, 0) is 9.59 Å². The number of rotatable bonds is 7. The Hall–Kier alpha value is -4.40. The second-order valence-corrected chi connectivity index (χ2v) is 8.74. The number of carbonyl (C=O) groups excluding carboxylic acids is 2. The summed E-state index contributed by atoms with van der Waals surface area (Å²) in [4.78, 5) is 27.7. The van der Waals surface area contributed by atoms with Gasteiger partial charge in [-0.1, -0.05) is 6.07 Å². The molecule has 4 rings (SSSR count). The van der Waals surface area contributed by atoms with Crippen molar-refractivity contribution in [3.05, 3.63) is 88.0 Å². The van der Waals surface area contributed by atoms with Gasteiger partial charge in [0.05, 0.1) is 38.1 Å². The molecule has 0 bridgehead atoms. The highest BCUT2D eigenvalue weighted by Gasteiger charge is 2.48. The molecule has 1 fully saturated rings. The Bertz CT molecular complexity index is 1470. The van der Waals surface area contributed by atoms with Gasteiger partial charge < -0.3 is 19.3 Å². The number of aliphatic hydroxyl groups is 1. The lowest BCUT2D eigenvalue weighted by molar-refractivity contribution is -0.132. The second kappa shape index (κ2) is 10.5. The van der Waals surface area contributed by atoms with Crippen molar-refractivity contribution in [1.82, 2.24) is 0 Å². The SMILES string of the molecule is CCOc1cc(C2/C(=C(\O)c3cc(C)c(OC)cc3C)C(=O)C(=O)N2c2ccc(F)cc2F)ccc1OC. The molecule has 198 valence electrons. The number of ketones is 1. The highest BCUT2D eigenvalue weighted by Crippen LogP contribution is 2.45. The average Bonchev–Trinajstić information content (AvgIpc) is 3.15. The molecular weight excluding hydrogens is 496 g/mol. The maximum absolute atomic E-state index is 15.0. The lowest BCUT2D eigenvalue weighted by atomic mass is 9.92. The lowest BCUT2D eigenvalue weighted by Gasteiger charge is -2.26. The van der Waals surface area contributed by atoms with Crippen LogP contribution in [0.2, 0.25) is 0 Å². The summed E-state index contributed by atoms with van der Waals surface area (Å²) < 4.78 is 45.1. The number of benzene rings is 3. The standard InChI is InChI=1S/C29H27F2NO6/c1-6-38-24-13-17(7-10-22(24)36-4)26-25(27(33)19-11-16(3)23(37-5)12-15(19)2)28(34)29(35)32(26)21-9-8-18(30)14-20(21)31/h7-14,26,33H,6H2,1-5H3/b27-25+. The fraction of sp³-hybridized carbons (Fsp3) is 0.241. The predicted molar refractivity (Wildman–Crippen MR) is 138 cm³/mol. The van der Waals surface area contributed by atoms with Crippen molar-refractivity contribution in [2.75, 3.05) is 25.7 Å². The number of amides is 1. The van der Waals surface area contributed by atoms with Crippen LogP contribution in [0.1, 0.15) is 35.2 Å². The molecule has 3 aromatic carbocycles. The van der Waals surface area contributed by atoms with Crippen LogP contribution >= 0.6 is 0 Å². The number of ether oxygens (including phenoxy) is 3. The third kappa shape index (κ3) is 4.55. The van der Waals surface area contributed by atoms with E-state index in [-0.39, 0.29) is 11.3 Å². The van der Waals surface area contributed by atoms with Crippen molar-refractivity contribution in [2.24, 2.45) is 0 Å². The predicted octanol–water partition coefficient (Wildman–Crippen LogP) is 5.62.